The van der Waals surface area contributed by atoms with Gasteiger partial charge in [0.2, 0.25) is 15.9 Å². The van der Waals surface area contributed by atoms with E-state index in [0.29, 0.717) is 5.69 Å². The molecule has 0 bridgehead atoms. The number of anilines is 2. The van der Waals surface area contributed by atoms with Crippen LogP contribution in [-0.4, -0.2) is 20.4 Å². The van der Waals surface area contributed by atoms with Crippen molar-refractivity contribution in [1.82, 2.24) is 0 Å². The molecule has 1 amide bonds. The van der Waals surface area contributed by atoms with E-state index in [4.69, 9.17) is 5.14 Å². The normalized spacial score (nSPS) is 15.0. The van der Waals surface area contributed by atoms with Crippen LogP contribution in [0.5, 0.6) is 0 Å². The second-order valence-electron chi connectivity index (χ2n) is 6.58. The van der Waals surface area contributed by atoms with Gasteiger partial charge in [-0.25, -0.2) is 13.6 Å². The van der Waals surface area contributed by atoms with E-state index < -0.39 is 16.1 Å². The Morgan fingerprint density at radius 2 is 1.77 bits per heavy atom. The fourth-order valence-corrected chi connectivity index (χ4v) is 3.71. The van der Waals surface area contributed by atoms with Gasteiger partial charge in [-0.3, -0.25) is 4.79 Å². The van der Waals surface area contributed by atoms with Crippen molar-refractivity contribution in [2.24, 2.45) is 5.14 Å². The number of benzene rings is 2. The molecule has 4 N–H and O–H groups in total. The molecule has 0 saturated heterocycles. The fraction of sp³-hybridized carbons (Fsp3) is 0.316. The third-order valence-electron chi connectivity index (χ3n) is 4.61. The zero-order chi connectivity index (χ0) is 18.7. The lowest BCUT2D eigenvalue weighted by Crippen LogP contribution is -2.32. The van der Waals surface area contributed by atoms with Crippen molar-refractivity contribution in [2.45, 2.75) is 43.5 Å². The van der Waals surface area contributed by atoms with Crippen LogP contribution in [0, 0.1) is 0 Å². The fourth-order valence-electron chi connectivity index (χ4n) is 3.19. The molecule has 0 aromatic heterocycles. The average Bonchev–Trinajstić information content (AvgIpc) is 2.61. The van der Waals surface area contributed by atoms with E-state index in [1.807, 2.05) is 12.1 Å². The van der Waals surface area contributed by atoms with Crippen LogP contribution in [0.2, 0.25) is 0 Å². The maximum Gasteiger partial charge on any atom is 0.246 e. The number of hydrogen-bond donors (Lipinski definition) is 3. The highest BCUT2D eigenvalue weighted by Gasteiger charge is 2.18. The van der Waals surface area contributed by atoms with Gasteiger partial charge < -0.3 is 10.6 Å². The number of nitrogens with one attached hydrogen (secondary N) is 2. The van der Waals surface area contributed by atoms with Crippen molar-refractivity contribution in [1.29, 1.82) is 0 Å². The summed E-state index contributed by atoms with van der Waals surface area (Å²) in [7, 11) is -3.74. The predicted molar refractivity (Wildman–Crippen MR) is 103 cm³/mol. The van der Waals surface area contributed by atoms with Gasteiger partial charge in [-0.15, -0.1) is 0 Å². The number of carbonyl (C=O) groups excluding carboxylic acids is 1. The number of carbonyl (C=O) groups is 1. The number of amides is 1. The third kappa shape index (κ3) is 4.23. The first-order chi connectivity index (χ1) is 12.3. The molecule has 1 aliphatic rings. The van der Waals surface area contributed by atoms with E-state index in [2.05, 4.69) is 16.7 Å². The lowest BCUT2D eigenvalue weighted by molar-refractivity contribution is -0.116. The first-order valence-corrected chi connectivity index (χ1v) is 10.2. The van der Waals surface area contributed by atoms with E-state index in [1.54, 1.807) is 6.92 Å². The summed E-state index contributed by atoms with van der Waals surface area (Å²) in [6.07, 6.45) is 4.49. The Bertz CT molecular complexity index is 908. The van der Waals surface area contributed by atoms with E-state index in [9.17, 15) is 13.2 Å². The summed E-state index contributed by atoms with van der Waals surface area (Å²) in [6, 6.07) is 11.5. The number of primary sulfonamides is 1. The lowest BCUT2D eigenvalue weighted by Gasteiger charge is -2.22. The molecule has 0 spiro atoms. The molecule has 1 atom stereocenters. The molecule has 6 nitrogen and oxygen atoms in total. The maximum absolute atomic E-state index is 12.5. The molecule has 26 heavy (non-hydrogen) atoms. The van der Waals surface area contributed by atoms with E-state index in [0.717, 1.165) is 18.5 Å². The number of hydrogen-bond acceptors (Lipinski definition) is 4. The molecule has 0 unspecified atom stereocenters. The number of nitrogens with two attached hydrogens (primary N) is 1. The third-order valence-corrected chi connectivity index (χ3v) is 5.54. The van der Waals surface area contributed by atoms with Gasteiger partial charge in [-0.05, 0) is 74.1 Å². The molecular formula is C19H23N3O3S. The van der Waals surface area contributed by atoms with Gasteiger partial charge in [-0.1, -0.05) is 12.1 Å². The highest BCUT2D eigenvalue weighted by Crippen LogP contribution is 2.28. The van der Waals surface area contributed by atoms with Crippen LogP contribution in [0.15, 0.2) is 47.4 Å². The van der Waals surface area contributed by atoms with E-state index in [1.165, 1.54) is 48.2 Å². The van der Waals surface area contributed by atoms with Crippen molar-refractivity contribution in [2.75, 3.05) is 10.6 Å². The van der Waals surface area contributed by atoms with Crippen LogP contribution >= 0.6 is 0 Å². The minimum atomic E-state index is -3.74. The minimum Gasteiger partial charge on any atom is -0.374 e. The first-order valence-electron chi connectivity index (χ1n) is 8.65. The molecule has 0 saturated carbocycles. The van der Waals surface area contributed by atoms with Crippen molar-refractivity contribution in [3.05, 3.63) is 53.6 Å². The van der Waals surface area contributed by atoms with Gasteiger partial charge in [0.25, 0.3) is 0 Å². The van der Waals surface area contributed by atoms with E-state index >= 15 is 0 Å². The molecule has 3 rings (SSSR count). The Hall–Kier alpha value is -2.38. The number of aryl methyl sites for hydroxylation is 1. The molecule has 138 valence electrons. The maximum atomic E-state index is 12.5. The van der Waals surface area contributed by atoms with Crippen LogP contribution in [0.25, 0.3) is 0 Å². The SMILES string of the molecule is C[C@H](Nc1cccc2c1CCCC2)C(=O)Nc1ccc(S(N)(=O)=O)cc1. The molecule has 7 heteroatoms. The summed E-state index contributed by atoms with van der Waals surface area (Å²) in [6.45, 7) is 1.80. The Morgan fingerprint density at radius 3 is 2.46 bits per heavy atom. The van der Waals surface area contributed by atoms with Gasteiger partial charge >= 0.3 is 0 Å². The Kier molecular flexibility index (Phi) is 5.29. The summed E-state index contributed by atoms with van der Waals surface area (Å²) in [5, 5.41) is 11.2. The standard InChI is InChI=1S/C19H23N3O3S/c1-13(21-18-8-4-6-14-5-2-3-7-17(14)18)19(23)22-15-9-11-16(12-10-15)26(20,24)25/h4,6,8-13,21H,2-3,5,7H2,1H3,(H,22,23)(H2,20,24,25)/t13-/m0/s1. The zero-order valence-corrected chi connectivity index (χ0v) is 15.5. The summed E-state index contributed by atoms with van der Waals surface area (Å²) < 4.78 is 22.6. The molecular weight excluding hydrogens is 350 g/mol. The van der Waals surface area contributed by atoms with Crippen molar-refractivity contribution in [3.63, 3.8) is 0 Å². The van der Waals surface area contributed by atoms with Crippen LogP contribution < -0.4 is 15.8 Å². The molecule has 0 fully saturated rings. The Morgan fingerprint density at radius 1 is 1.08 bits per heavy atom. The van der Waals surface area contributed by atoms with Gasteiger partial charge in [0.1, 0.15) is 6.04 Å². The van der Waals surface area contributed by atoms with Crippen LogP contribution in [0.1, 0.15) is 30.9 Å². The molecule has 0 radical (unpaired) electrons. The van der Waals surface area contributed by atoms with Crippen molar-refractivity contribution < 1.29 is 13.2 Å². The molecule has 2 aromatic carbocycles. The molecule has 1 aliphatic carbocycles. The highest BCUT2D eigenvalue weighted by molar-refractivity contribution is 7.89. The second kappa shape index (κ2) is 7.47. The zero-order valence-electron chi connectivity index (χ0n) is 14.7. The first kappa shape index (κ1) is 18.4. The van der Waals surface area contributed by atoms with Gasteiger partial charge in [0.15, 0.2) is 0 Å². The summed E-state index contributed by atoms with van der Waals surface area (Å²) in [4.78, 5) is 12.5. The predicted octanol–water partition coefficient (Wildman–Crippen LogP) is 2.65. The Labute approximate surface area is 153 Å². The molecule has 0 aliphatic heterocycles. The summed E-state index contributed by atoms with van der Waals surface area (Å²) >= 11 is 0. The van der Waals surface area contributed by atoms with Gasteiger partial charge in [0.05, 0.1) is 4.90 Å². The van der Waals surface area contributed by atoms with Crippen molar-refractivity contribution in [3.8, 4) is 0 Å². The lowest BCUT2D eigenvalue weighted by atomic mass is 9.90. The van der Waals surface area contributed by atoms with Crippen LogP contribution in [0.3, 0.4) is 0 Å². The summed E-state index contributed by atoms with van der Waals surface area (Å²) in [5.41, 5.74) is 4.18. The second-order valence-corrected chi connectivity index (χ2v) is 8.14. The smallest absolute Gasteiger partial charge is 0.246 e. The summed E-state index contributed by atoms with van der Waals surface area (Å²) in [5.74, 6) is -0.193. The van der Waals surface area contributed by atoms with E-state index in [-0.39, 0.29) is 10.8 Å². The van der Waals surface area contributed by atoms with Crippen LogP contribution in [-0.2, 0) is 27.7 Å². The number of rotatable bonds is 5. The van der Waals surface area contributed by atoms with Gasteiger partial charge in [-0.2, -0.15) is 0 Å². The number of sulfonamides is 1. The molecule has 0 heterocycles. The monoisotopic (exact) mass is 373 g/mol. The average molecular weight is 373 g/mol. The molecule has 2 aromatic rings. The van der Waals surface area contributed by atoms with Gasteiger partial charge in [0, 0.05) is 11.4 Å². The number of fused-ring (bicyclic) bond motifs is 1. The quantitative estimate of drug-likeness (QED) is 0.750. The highest BCUT2D eigenvalue weighted by atomic mass is 32.2. The Balaban J connectivity index is 1.67. The topological polar surface area (TPSA) is 101 Å². The minimum absolute atomic E-state index is 0.0117. The van der Waals surface area contributed by atoms with Crippen LogP contribution in [0.4, 0.5) is 11.4 Å². The largest absolute Gasteiger partial charge is 0.374 e. The van der Waals surface area contributed by atoms with Crippen molar-refractivity contribution >= 4 is 27.3 Å².